The minimum Gasteiger partial charge on any atom is -0.455 e. The summed E-state index contributed by atoms with van der Waals surface area (Å²) in [7, 11) is 0. The molecule has 0 atom stereocenters. The molecule has 0 unspecified atom stereocenters. The summed E-state index contributed by atoms with van der Waals surface area (Å²) in [4.78, 5) is 15.4. The number of para-hydroxylation sites is 2. The highest BCUT2D eigenvalue weighted by molar-refractivity contribution is 6.09. The van der Waals surface area contributed by atoms with Crippen molar-refractivity contribution in [3.8, 4) is 67.5 Å². The van der Waals surface area contributed by atoms with Gasteiger partial charge in [0.1, 0.15) is 11.2 Å². The second-order valence-corrected chi connectivity index (χ2v) is 17.9. The highest BCUT2D eigenvalue weighted by Crippen LogP contribution is 2.62. The standard InChI is InChI=1S/C61H41N3O/c1-60(2)50-25-9-11-27-52(50)61(53-28-12-10-26-51(53)60)49-24-8-6-20-45(49)46-35-34-42(37-54(46)61)41-18-14-19-43(36-41)59-63-57(39-16-4-3-5-17-39)62-58(64-59)40-32-30-38(31-33-40)44-22-15-23-48-47-21-7-13-29-55(47)65-56(44)48/h3-37H,1-2H3. The van der Waals surface area contributed by atoms with Gasteiger partial charge in [-0.15, -0.1) is 0 Å². The summed E-state index contributed by atoms with van der Waals surface area (Å²) in [6.45, 7) is 4.74. The fourth-order valence-electron chi connectivity index (χ4n) is 11.0. The average Bonchev–Trinajstić information content (AvgIpc) is 3.90. The maximum absolute atomic E-state index is 6.39. The van der Waals surface area contributed by atoms with Gasteiger partial charge in [-0.2, -0.15) is 0 Å². The van der Waals surface area contributed by atoms with Gasteiger partial charge in [0.15, 0.2) is 17.5 Å². The molecule has 0 N–H and O–H groups in total. The van der Waals surface area contributed by atoms with Crippen molar-refractivity contribution < 1.29 is 4.42 Å². The highest BCUT2D eigenvalue weighted by Gasteiger charge is 2.53. The molecular formula is C61H41N3O. The molecule has 4 heteroatoms. The zero-order chi connectivity index (χ0) is 43.3. The molecule has 0 saturated carbocycles. The second kappa shape index (κ2) is 14.2. The van der Waals surface area contributed by atoms with E-state index in [1.807, 2.05) is 30.3 Å². The van der Waals surface area contributed by atoms with E-state index < -0.39 is 5.41 Å². The van der Waals surface area contributed by atoms with Gasteiger partial charge in [0, 0.05) is 38.4 Å². The van der Waals surface area contributed by atoms with Crippen LogP contribution in [-0.2, 0) is 10.8 Å². The van der Waals surface area contributed by atoms with E-state index in [4.69, 9.17) is 19.4 Å². The molecule has 4 nitrogen and oxygen atoms in total. The summed E-state index contributed by atoms with van der Waals surface area (Å²) in [6, 6.07) is 76.1. The Bertz CT molecular complexity index is 3640. The van der Waals surface area contributed by atoms with E-state index in [9.17, 15) is 0 Å². The van der Waals surface area contributed by atoms with Crippen molar-refractivity contribution in [3.63, 3.8) is 0 Å². The van der Waals surface area contributed by atoms with Crippen LogP contribution >= 0.6 is 0 Å². The van der Waals surface area contributed by atoms with Crippen LogP contribution in [0.2, 0.25) is 0 Å². The first-order chi connectivity index (χ1) is 32.0. The van der Waals surface area contributed by atoms with E-state index in [-0.39, 0.29) is 5.41 Å². The molecule has 2 aromatic heterocycles. The van der Waals surface area contributed by atoms with Crippen molar-refractivity contribution in [1.29, 1.82) is 0 Å². The lowest BCUT2D eigenvalue weighted by molar-refractivity contribution is 0.563. The maximum atomic E-state index is 6.39. The molecule has 1 spiro atoms. The second-order valence-electron chi connectivity index (χ2n) is 17.9. The third-order valence-corrected chi connectivity index (χ3v) is 14.0. The van der Waals surface area contributed by atoms with Crippen molar-refractivity contribution in [2.24, 2.45) is 0 Å². The van der Waals surface area contributed by atoms with Crippen molar-refractivity contribution in [2.75, 3.05) is 0 Å². The van der Waals surface area contributed by atoms with Gasteiger partial charge in [0.05, 0.1) is 5.41 Å². The number of benzene rings is 9. The number of hydrogen-bond donors (Lipinski definition) is 0. The van der Waals surface area contributed by atoms with Crippen molar-refractivity contribution in [2.45, 2.75) is 24.7 Å². The zero-order valence-electron chi connectivity index (χ0n) is 36.0. The average molecular weight is 832 g/mol. The fourth-order valence-corrected chi connectivity index (χ4v) is 11.0. The van der Waals surface area contributed by atoms with E-state index in [0.29, 0.717) is 17.5 Å². The van der Waals surface area contributed by atoms with Gasteiger partial charge < -0.3 is 4.42 Å². The van der Waals surface area contributed by atoms with Crippen LogP contribution in [0.4, 0.5) is 0 Å². The summed E-state index contributed by atoms with van der Waals surface area (Å²) in [6.07, 6.45) is 0. The lowest BCUT2D eigenvalue weighted by Crippen LogP contribution is -2.40. The fraction of sp³-hybridized carbons (Fsp3) is 0.0656. The Kier molecular flexibility index (Phi) is 8.13. The Labute approximate surface area is 377 Å². The summed E-state index contributed by atoms with van der Waals surface area (Å²) in [5.74, 6) is 1.86. The van der Waals surface area contributed by atoms with Crippen LogP contribution in [0.15, 0.2) is 217 Å². The molecule has 9 aromatic carbocycles. The van der Waals surface area contributed by atoms with Gasteiger partial charge in [-0.3, -0.25) is 0 Å². The number of nitrogens with zero attached hydrogens (tertiary/aromatic N) is 3. The molecule has 0 radical (unpaired) electrons. The lowest BCUT2D eigenvalue weighted by Gasteiger charge is -2.46. The third kappa shape index (κ3) is 5.53. The number of rotatable bonds is 5. The van der Waals surface area contributed by atoms with Gasteiger partial charge in [0.2, 0.25) is 0 Å². The molecule has 11 aromatic rings. The Hall–Kier alpha value is -8.21. The molecule has 0 aliphatic heterocycles. The van der Waals surface area contributed by atoms with Crippen molar-refractivity contribution in [3.05, 3.63) is 246 Å². The molecule has 2 aliphatic rings. The smallest absolute Gasteiger partial charge is 0.164 e. The van der Waals surface area contributed by atoms with Crippen LogP contribution in [0, 0.1) is 0 Å². The maximum Gasteiger partial charge on any atom is 0.164 e. The SMILES string of the molecule is CC1(C)c2ccccc2C2(c3ccccc3-c3ccc(-c4cccc(-c5nc(-c6ccccc6)nc(-c6ccc(-c7cccc8c7oc7ccccc78)cc6)n5)c4)cc32)c2ccccc21. The summed E-state index contributed by atoms with van der Waals surface area (Å²) >= 11 is 0. The van der Waals surface area contributed by atoms with Crippen LogP contribution in [0.25, 0.3) is 89.5 Å². The van der Waals surface area contributed by atoms with Gasteiger partial charge in [-0.25, -0.2) is 15.0 Å². The lowest BCUT2D eigenvalue weighted by atomic mass is 9.55. The third-order valence-electron chi connectivity index (χ3n) is 14.0. The van der Waals surface area contributed by atoms with Crippen molar-refractivity contribution >= 4 is 21.9 Å². The summed E-state index contributed by atoms with van der Waals surface area (Å²) < 4.78 is 6.39. The molecule has 306 valence electrons. The summed E-state index contributed by atoms with van der Waals surface area (Å²) in [5, 5.41) is 2.23. The molecule has 0 amide bonds. The number of furan rings is 1. The monoisotopic (exact) mass is 831 g/mol. The topological polar surface area (TPSA) is 51.8 Å². The van der Waals surface area contributed by atoms with Crippen LogP contribution in [-0.4, -0.2) is 15.0 Å². The number of hydrogen-bond acceptors (Lipinski definition) is 4. The quantitative estimate of drug-likeness (QED) is 0.173. The van der Waals surface area contributed by atoms with Gasteiger partial charge in [0.25, 0.3) is 0 Å². The molecular weight excluding hydrogens is 791 g/mol. The molecule has 0 fully saturated rings. The molecule has 0 bridgehead atoms. The largest absolute Gasteiger partial charge is 0.455 e. The van der Waals surface area contributed by atoms with Crippen LogP contribution in [0.3, 0.4) is 0 Å². The molecule has 2 heterocycles. The van der Waals surface area contributed by atoms with Gasteiger partial charge in [-0.1, -0.05) is 208 Å². The van der Waals surface area contributed by atoms with E-state index in [2.05, 4.69) is 196 Å². The minimum atomic E-state index is -0.468. The number of fused-ring (bicyclic) bond motifs is 12. The zero-order valence-corrected chi connectivity index (χ0v) is 36.0. The van der Waals surface area contributed by atoms with Crippen LogP contribution in [0.1, 0.15) is 47.2 Å². The van der Waals surface area contributed by atoms with Crippen molar-refractivity contribution in [1.82, 2.24) is 15.0 Å². The van der Waals surface area contributed by atoms with Gasteiger partial charge in [-0.05, 0) is 79.4 Å². The first-order valence-corrected chi connectivity index (χ1v) is 22.3. The highest BCUT2D eigenvalue weighted by atomic mass is 16.3. The Balaban J connectivity index is 0.935. The Morgan fingerprint density at radius 3 is 1.54 bits per heavy atom. The normalized spacial score (nSPS) is 13.9. The molecule has 13 rings (SSSR count). The van der Waals surface area contributed by atoms with E-state index in [1.165, 1.54) is 44.5 Å². The summed E-state index contributed by atoms with van der Waals surface area (Å²) in [5.41, 5.74) is 18.9. The first-order valence-electron chi connectivity index (χ1n) is 22.3. The Morgan fingerprint density at radius 2 is 0.800 bits per heavy atom. The van der Waals surface area contributed by atoms with E-state index in [1.54, 1.807) is 0 Å². The Morgan fingerprint density at radius 1 is 0.323 bits per heavy atom. The van der Waals surface area contributed by atoms with E-state index in [0.717, 1.165) is 60.9 Å². The number of aromatic nitrogens is 3. The molecule has 0 saturated heterocycles. The molecule has 65 heavy (non-hydrogen) atoms. The molecule has 2 aliphatic carbocycles. The van der Waals surface area contributed by atoms with Crippen LogP contribution in [0.5, 0.6) is 0 Å². The predicted octanol–water partition coefficient (Wildman–Crippen LogP) is 15.1. The van der Waals surface area contributed by atoms with Crippen LogP contribution < -0.4 is 0 Å². The van der Waals surface area contributed by atoms with Gasteiger partial charge >= 0.3 is 0 Å². The first kappa shape index (κ1) is 37.4. The predicted molar refractivity (Wildman–Crippen MR) is 264 cm³/mol. The van der Waals surface area contributed by atoms with E-state index >= 15 is 0 Å². The minimum absolute atomic E-state index is 0.157.